The van der Waals surface area contributed by atoms with Gasteiger partial charge in [-0.25, -0.2) is 9.97 Å². The summed E-state index contributed by atoms with van der Waals surface area (Å²) in [5.74, 6) is 1.90. The molecule has 0 radical (unpaired) electrons. The van der Waals surface area contributed by atoms with E-state index >= 15 is 0 Å². The minimum absolute atomic E-state index is 0.0331. The van der Waals surface area contributed by atoms with E-state index in [9.17, 15) is 0 Å². The van der Waals surface area contributed by atoms with E-state index < -0.39 is 0 Å². The number of hydrogen-bond acceptors (Lipinski definition) is 3. The third-order valence-electron chi connectivity index (χ3n) is 5.99. The van der Waals surface area contributed by atoms with Crippen LogP contribution in [0.3, 0.4) is 0 Å². The molecule has 4 aliphatic rings. The Morgan fingerprint density at radius 3 is 2.15 bits per heavy atom. The first kappa shape index (κ1) is 12.8. The van der Waals surface area contributed by atoms with E-state index in [4.69, 9.17) is 5.11 Å². The van der Waals surface area contributed by atoms with Crippen molar-refractivity contribution in [3.8, 4) is 0 Å². The van der Waals surface area contributed by atoms with Crippen LogP contribution in [0.4, 0.5) is 0 Å². The van der Waals surface area contributed by atoms with E-state index in [1.165, 1.54) is 38.5 Å². The molecule has 3 nitrogen and oxygen atoms in total. The van der Waals surface area contributed by atoms with Gasteiger partial charge in [0.25, 0.3) is 0 Å². The van der Waals surface area contributed by atoms with Crippen molar-refractivity contribution in [2.24, 2.45) is 16.7 Å². The van der Waals surface area contributed by atoms with Crippen LogP contribution in [0.15, 0.2) is 12.4 Å². The highest BCUT2D eigenvalue weighted by molar-refractivity contribution is 5.22. The van der Waals surface area contributed by atoms with Crippen molar-refractivity contribution in [1.29, 1.82) is 0 Å². The lowest BCUT2D eigenvalue weighted by atomic mass is 9.40. The van der Waals surface area contributed by atoms with Crippen LogP contribution in [-0.2, 0) is 12.0 Å². The maximum Gasteiger partial charge on any atom is 0.134 e. The van der Waals surface area contributed by atoms with Crippen LogP contribution < -0.4 is 0 Å². The lowest BCUT2D eigenvalue weighted by molar-refractivity contribution is -0.112. The molecular formula is C17H24N2O. The molecule has 2 atom stereocenters. The second kappa shape index (κ2) is 3.82. The van der Waals surface area contributed by atoms with Crippen molar-refractivity contribution < 1.29 is 5.11 Å². The zero-order chi connectivity index (χ0) is 14.0. The summed E-state index contributed by atoms with van der Waals surface area (Å²) < 4.78 is 0. The zero-order valence-electron chi connectivity index (χ0n) is 12.5. The van der Waals surface area contributed by atoms with E-state index in [1.807, 2.05) is 12.4 Å². The third kappa shape index (κ3) is 1.75. The molecule has 5 rings (SSSR count). The first-order valence-corrected chi connectivity index (χ1v) is 7.87. The summed E-state index contributed by atoms with van der Waals surface area (Å²) in [5, 5.41) is 9.16. The highest BCUT2D eigenvalue weighted by atomic mass is 16.3. The second-order valence-corrected chi connectivity index (χ2v) is 8.48. The summed E-state index contributed by atoms with van der Waals surface area (Å²) in [7, 11) is 0. The quantitative estimate of drug-likeness (QED) is 0.899. The first-order chi connectivity index (χ1) is 9.44. The van der Waals surface area contributed by atoms with Gasteiger partial charge in [0, 0.05) is 23.4 Å². The Labute approximate surface area is 120 Å². The fourth-order valence-corrected chi connectivity index (χ4v) is 6.41. The molecule has 1 N–H and O–H groups in total. The normalized spacial score (nSPS) is 45.9. The number of rotatable bonds is 2. The van der Waals surface area contributed by atoms with Crippen LogP contribution in [0.5, 0.6) is 0 Å². The molecule has 4 aliphatic carbocycles. The maximum absolute atomic E-state index is 9.16. The summed E-state index contributed by atoms with van der Waals surface area (Å²) >= 11 is 0. The molecule has 108 valence electrons. The van der Waals surface area contributed by atoms with Crippen LogP contribution in [0, 0.1) is 16.7 Å². The SMILES string of the molecule is CC12CC3CC(C)(C1)CC(c1ncc(CO)cn1)(C3)C2. The highest BCUT2D eigenvalue weighted by Gasteiger charge is 2.61. The molecule has 0 amide bonds. The summed E-state index contributed by atoms with van der Waals surface area (Å²) in [6.07, 6.45) is 11.6. The molecule has 1 aromatic heterocycles. The minimum Gasteiger partial charge on any atom is -0.392 e. The number of aliphatic hydroxyl groups excluding tert-OH is 1. The van der Waals surface area contributed by atoms with E-state index in [-0.39, 0.29) is 12.0 Å². The lowest BCUT2D eigenvalue weighted by Gasteiger charge is -2.64. The summed E-state index contributed by atoms with van der Waals surface area (Å²) in [6, 6.07) is 0. The van der Waals surface area contributed by atoms with Gasteiger partial charge in [-0.15, -0.1) is 0 Å². The van der Waals surface area contributed by atoms with Crippen LogP contribution in [0.1, 0.15) is 63.8 Å². The van der Waals surface area contributed by atoms with Crippen molar-refractivity contribution >= 4 is 0 Å². The molecule has 20 heavy (non-hydrogen) atoms. The van der Waals surface area contributed by atoms with Crippen molar-refractivity contribution in [2.75, 3.05) is 0 Å². The average Bonchev–Trinajstić information content (AvgIpc) is 2.34. The van der Waals surface area contributed by atoms with Crippen molar-refractivity contribution in [3.05, 3.63) is 23.8 Å². The maximum atomic E-state index is 9.16. The Balaban J connectivity index is 1.76. The summed E-state index contributed by atoms with van der Waals surface area (Å²) in [5.41, 5.74) is 2.01. The van der Waals surface area contributed by atoms with Crippen LogP contribution >= 0.6 is 0 Å². The highest BCUT2D eigenvalue weighted by Crippen LogP contribution is 2.69. The van der Waals surface area contributed by atoms with Gasteiger partial charge < -0.3 is 5.11 Å². The number of aromatic nitrogens is 2. The van der Waals surface area contributed by atoms with Gasteiger partial charge in [0.1, 0.15) is 5.82 Å². The average molecular weight is 272 g/mol. The van der Waals surface area contributed by atoms with Crippen LogP contribution in [-0.4, -0.2) is 15.1 Å². The lowest BCUT2D eigenvalue weighted by Crippen LogP contribution is -2.57. The van der Waals surface area contributed by atoms with Gasteiger partial charge in [-0.1, -0.05) is 13.8 Å². The molecule has 0 aromatic carbocycles. The Bertz CT molecular complexity index is 520. The fraction of sp³-hybridized carbons (Fsp3) is 0.765. The smallest absolute Gasteiger partial charge is 0.134 e. The van der Waals surface area contributed by atoms with Gasteiger partial charge in [0.15, 0.2) is 0 Å². The molecule has 1 heterocycles. The molecular weight excluding hydrogens is 248 g/mol. The molecule has 0 aliphatic heterocycles. The Morgan fingerprint density at radius 1 is 1.05 bits per heavy atom. The van der Waals surface area contributed by atoms with E-state index in [2.05, 4.69) is 23.8 Å². The van der Waals surface area contributed by atoms with E-state index in [0.717, 1.165) is 17.3 Å². The fourth-order valence-electron chi connectivity index (χ4n) is 6.41. The first-order valence-electron chi connectivity index (χ1n) is 7.87. The summed E-state index contributed by atoms with van der Waals surface area (Å²) in [4.78, 5) is 9.26. The number of nitrogens with zero attached hydrogens (tertiary/aromatic N) is 2. The van der Waals surface area contributed by atoms with E-state index in [1.54, 1.807) is 0 Å². The monoisotopic (exact) mass is 272 g/mol. The second-order valence-electron chi connectivity index (χ2n) is 8.48. The molecule has 4 saturated carbocycles. The predicted octanol–water partition coefficient (Wildman–Crippen LogP) is 3.22. The van der Waals surface area contributed by atoms with Crippen LogP contribution in [0.25, 0.3) is 0 Å². The molecule has 3 heteroatoms. The molecule has 2 unspecified atom stereocenters. The Kier molecular flexibility index (Phi) is 2.44. The number of hydrogen-bond donors (Lipinski definition) is 1. The van der Waals surface area contributed by atoms with Gasteiger partial charge in [-0.3, -0.25) is 0 Å². The third-order valence-corrected chi connectivity index (χ3v) is 5.99. The minimum atomic E-state index is 0.0331. The molecule has 0 spiro atoms. The van der Waals surface area contributed by atoms with Gasteiger partial charge in [-0.05, 0) is 55.3 Å². The Morgan fingerprint density at radius 2 is 1.65 bits per heavy atom. The van der Waals surface area contributed by atoms with Crippen molar-refractivity contribution in [2.45, 2.75) is 64.4 Å². The molecule has 4 bridgehead atoms. The van der Waals surface area contributed by atoms with E-state index in [0.29, 0.717) is 10.8 Å². The predicted molar refractivity (Wildman–Crippen MR) is 77.0 cm³/mol. The number of aliphatic hydroxyl groups is 1. The Hall–Kier alpha value is -0.960. The van der Waals surface area contributed by atoms with Gasteiger partial charge in [0.2, 0.25) is 0 Å². The molecule has 1 aromatic rings. The van der Waals surface area contributed by atoms with Gasteiger partial charge in [0.05, 0.1) is 6.61 Å². The molecule has 0 saturated heterocycles. The standard InChI is InChI=1S/C17H24N2O/c1-15-3-12-4-16(2,9-15)11-17(5-12,10-15)14-18-6-13(8-20)7-19-14/h6-7,12,20H,3-5,8-11H2,1-2H3. The van der Waals surface area contributed by atoms with Gasteiger partial charge >= 0.3 is 0 Å². The largest absolute Gasteiger partial charge is 0.392 e. The van der Waals surface area contributed by atoms with Gasteiger partial charge in [-0.2, -0.15) is 0 Å². The van der Waals surface area contributed by atoms with Crippen LogP contribution in [0.2, 0.25) is 0 Å². The van der Waals surface area contributed by atoms with Crippen molar-refractivity contribution in [1.82, 2.24) is 9.97 Å². The molecule has 4 fully saturated rings. The topological polar surface area (TPSA) is 46.0 Å². The zero-order valence-corrected chi connectivity index (χ0v) is 12.5. The summed E-state index contributed by atoms with van der Waals surface area (Å²) in [6.45, 7) is 4.99. The van der Waals surface area contributed by atoms with Crippen molar-refractivity contribution in [3.63, 3.8) is 0 Å².